The Morgan fingerprint density at radius 2 is 1.90 bits per heavy atom. The summed E-state index contributed by atoms with van der Waals surface area (Å²) in [6.07, 6.45) is 6.59. The second kappa shape index (κ2) is 8.11. The molecule has 1 saturated carbocycles. The molecule has 2 N–H and O–H groups in total. The van der Waals surface area contributed by atoms with Crippen LogP contribution >= 0.6 is 0 Å². The van der Waals surface area contributed by atoms with Crippen molar-refractivity contribution in [3.63, 3.8) is 0 Å². The SMILES string of the molecule is COc1ccc(-c2nccc(C3=C(O)CN(CC4CCCC4)C3=N)n2)cc1OC. The molecule has 2 aromatic rings. The number of nitrogens with one attached hydrogen (secondary N) is 1. The number of methoxy groups -OCH3 is 2. The lowest BCUT2D eigenvalue weighted by Crippen LogP contribution is -2.31. The summed E-state index contributed by atoms with van der Waals surface area (Å²) < 4.78 is 10.7. The standard InChI is InChI=1S/C22H26N4O3/c1-28-18-8-7-15(11-19(18)29-2)22-24-10-9-16(25-22)20-17(27)13-26(21(20)23)12-14-5-3-4-6-14/h7-11,14,23,27H,3-6,12-13H2,1-2H3. The van der Waals surface area contributed by atoms with Crippen LogP contribution in [-0.4, -0.2) is 53.1 Å². The van der Waals surface area contributed by atoms with Gasteiger partial charge in [-0.3, -0.25) is 5.41 Å². The highest BCUT2D eigenvalue weighted by Crippen LogP contribution is 2.33. The molecular formula is C22H26N4O3. The van der Waals surface area contributed by atoms with E-state index in [1.165, 1.54) is 25.7 Å². The van der Waals surface area contributed by atoms with Crippen molar-refractivity contribution in [2.45, 2.75) is 25.7 Å². The van der Waals surface area contributed by atoms with Crippen molar-refractivity contribution >= 4 is 11.4 Å². The Hall–Kier alpha value is -3.09. The van der Waals surface area contributed by atoms with Gasteiger partial charge in [-0.2, -0.15) is 0 Å². The van der Waals surface area contributed by atoms with Crippen molar-refractivity contribution in [1.29, 1.82) is 5.41 Å². The minimum Gasteiger partial charge on any atom is -0.510 e. The topological polar surface area (TPSA) is 91.6 Å². The number of hydrogen-bond acceptors (Lipinski definition) is 6. The molecule has 4 rings (SSSR count). The number of aliphatic hydroxyl groups excluding tert-OH is 1. The first-order chi connectivity index (χ1) is 14.1. The second-order valence-electron chi connectivity index (χ2n) is 7.54. The van der Waals surface area contributed by atoms with E-state index in [2.05, 4.69) is 9.97 Å². The maximum absolute atomic E-state index is 10.6. The molecule has 1 fully saturated rings. The number of benzene rings is 1. The molecule has 0 bridgehead atoms. The molecular weight excluding hydrogens is 368 g/mol. The van der Waals surface area contributed by atoms with Gasteiger partial charge in [-0.05, 0) is 43.0 Å². The summed E-state index contributed by atoms with van der Waals surface area (Å²) in [5.41, 5.74) is 1.82. The average Bonchev–Trinajstić information content (AvgIpc) is 3.35. The van der Waals surface area contributed by atoms with Crippen LogP contribution in [0, 0.1) is 11.3 Å². The molecule has 0 unspecified atom stereocenters. The number of amidine groups is 1. The lowest BCUT2D eigenvalue weighted by Gasteiger charge is -2.22. The van der Waals surface area contributed by atoms with Crippen molar-refractivity contribution in [1.82, 2.24) is 14.9 Å². The van der Waals surface area contributed by atoms with E-state index < -0.39 is 0 Å². The highest BCUT2D eigenvalue weighted by atomic mass is 16.5. The molecule has 2 heterocycles. The first-order valence-corrected chi connectivity index (χ1v) is 9.92. The van der Waals surface area contributed by atoms with Crippen molar-refractivity contribution in [3.05, 3.63) is 41.9 Å². The number of aromatic nitrogens is 2. The van der Waals surface area contributed by atoms with Crippen LogP contribution in [0.4, 0.5) is 0 Å². The van der Waals surface area contributed by atoms with Gasteiger partial charge in [0.15, 0.2) is 17.3 Å². The zero-order valence-corrected chi connectivity index (χ0v) is 16.8. The van der Waals surface area contributed by atoms with E-state index in [9.17, 15) is 5.11 Å². The van der Waals surface area contributed by atoms with Crippen molar-refractivity contribution < 1.29 is 14.6 Å². The number of nitrogens with zero attached hydrogens (tertiary/aromatic N) is 3. The third kappa shape index (κ3) is 3.77. The van der Waals surface area contributed by atoms with Crippen LogP contribution in [0.25, 0.3) is 17.0 Å². The van der Waals surface area contributed by atoms with Gasteiger partial charge in [0, 0.05) is 18.3 Å². The number of hydrogen-bond donors (Lipinski definition) is 2. The Balaban J connectivity index is 1.60. The summed E-state index contributed by atoms with van der Waals surface area (Å²) >= 11 is 0. The largest absolute Gasteiger partial charge is 0.510 e. The highest BCUT2D eigenvalue weighted by molar-refractivity contribution is 6.23. The van der Waals surface area contributed by atoms with Gasteiger partial charge >= 0.3 is 0 Å². The van der Waals surface area contributed by atoms with Gasteiger partial charge in [-0.25, -0.2) is 9.97 Å². The fraction of sp³-hybridized carbons (Fsp3) is 0.409. The molecule has 1 aromatic heterocycles. The van der Waals surface area contributed by atoms with Crippen LogP contribution in [0.15, 0.2) is 36.2 Å². The van der Waals surface area contributed by atoms with E-state index in [-0.39, 0.29) is 5.76 Å². The summed E-state index contributed by atoms with van der Waals surface area (Å²) in [6.45, 7) is 1.19. The summed E-state index contributed by atoms with van der Waals surface area (Å²) in [5, 5.41) is 19.2. The quantitative estimate of drug-likeness (QED) is 0.772. The molecule has 7 heteroatoms. The van der Waals surface area contributed by atoms with Crippen LogP contribution in [0.3, 0.4) is 0 Å². The minimum absolute atomic E-state index is 0.199. The molecule has 1 aromatic carbocycles. The average molecular weight is 394 g/mol. The van der Waals surface area contributed by atoms with E-state index in [0.717, 1.165) is 12.1 Å². The molecule has 0 amide bonds. The Kier molecular flexibility index (Phi) is 5.38. The third-order valence-corrected chi connectivity index (χ3v) is 5.69. The number of aliphatic hydroxyl groups is 1. The first kappa shape index (κ1) is 19.2. The first-order valence-electron chi connectivity index (χ1n) is 9.92. The Morgan fingerprint density at radius 3 is 2.62 bits per heavy atom. The molecule has 1 aliphatic heterocycles. The van der Waals surface area contributed by atoms with E-state index in [1.54, 1.807) is 26.5 Å². The molecule has 0 radical (unpaired) electrons. The zero-order valence-electron chi connectivity index (χ0n) is 16.8. The van der Waals surface area contributed by atoms with Crippen molar-refractivity contribution in [2.75, 3.05) is 27.3 Å². The van der Waals surface area contributed by atoms with E-state index in [4.69, 9.17) is 14.9 Å². The molecule has 2 aliphatic rings. The van der Waals surface area contributed by atoms with Crippen LogP contribution < -0.4 is 9.47 Å². The monoisotopic (exact) mass is 394 g/mol. The second-order valence-corrected chi connectivity index (χ2v) is 7.54. The van der Waals surface area contributed by atoms with Gasteiger partial charge in [0.1, 0.15) is 11.6 Å². The smallest absolute Gasteiger partial charge is 0.161 e. The summed E-state index contributed by atoms with van der Waals surface area (Å²) in [7, 11) is 3.17. The molecule has 0 spiro atoms. The summed E-state index contributed by atoms with van der Waals surface area (Å²) in [5.74, 6) is 2.88. The molecule has 0 saturated heterocycles. The fourth-order valence-electron chi connectivity index (χ4n) is 4.18. The van der Waals surface area contributed by atoms with Crippen LogP contribution in [-0.2, 0) is 0 Å². The summed E-state index contributed by atoms with van der Waals surface area (Å²) in [4.78, 5) is 11.0. The molecule has 0 atom stereocenters. The normalized spacial score (nSPS) is 17.3. The Labute approximate surface area is 170 Å². The van der Waals surface area contributed by atoms with E-state index in [0.29, 0.717) is 46.9 Å². The lowest BCUT2D eigenvalue weighted by atomic mass is 10.1. The van der Waals surface area contributed by atoms with Gasteiger partial charge in [-0.1, -0.05) is 12.8 Å². The molecule has 7 nitrogen and oxygen atoms in total. The maximum atomic E-state index is 10.6. The van der Waals surface area contributed by atoms with Gasteiger partial charge < -0.3 is 19.5 Å². The minimum atomic E-state index is 0.199. The van der Waals surface area contributed by atoms with Crippen LogP contribution in [0.5, 0.6) is 11.5 Å². The zero-order chi connectivity index (χ0) is 20.4. The Bertz CT molecular complexity index is 951. The van der Waals surface area contributed by atoms with Crippen LogP contribution in [0.2, 0.25) is 0 Å². The highest BCUT2D eigenvalue weighted by Gasteiger charge is 2.31. The maximum Gasteiger partial charge on any atom is 0.161 e. The van der Waals surface area contributed by atoms with E-state index in [1.807, 2.05) is 23.1 Å². The van der Waals surface area contributed by atoms with Gasteiger partial charge in [0.05, 0.1) is 32.0 Å². The molecule has 1 aliphatic carbocycles. The molecule has 152 valence electrons. The van der Waals surface area contributed by atoms with Gasteiger partial charge in [0.2, 0.25) is 0 Å². The molecule has 29 heavy (non-hydrogen) atoms. The fourth-order valence-corrected chi connectivity index (χ4v) is 4.18. The third-order valence-electron chi connectivity index (χ3n) is 5.69. The van der Waals surface area contributed by atoms with Gasteiger partial charge in [-0.15, -0.1) is 0 Å². The van der Waals surface area contributed by atoms with Gasteiger partial charge in [0.25, 0.3) is 0 Å². The van der Waals surface area contributed by atoms with Crippen LogP contribution in [0.1, 0.15) is 31.4 Å². The predicted octanol–water partition coefficient (Wildman–Crippen LogP) is 3.91. The number of ether oxygens (including phenoxy) is 2. The Morgan fingerprint density at radius 1 is 1.14 bits per heavy atom. The van der Waals surface area contributed by atoms with E-state index >= 15 is 0 Å². The van der Waals surface area contributed by atoms with Crippen molar-refractivity contribution in [3.8, 4) is 22.9 Å². The predicted molar refractivity (Wildman–Crippen MR) is 111 cm³/mol. The lowest BCUT2D eigenvalue weighted by molar-refractivity contribution is 0.316. The summed E-state index contributed by atoms with van der Waals surface area (Å²) in [6, 6.07) is 7.23. The number of rotatable bonds is 6. The van der Waals surface area contributed by atoms with Crippen molar-refractivity contribution in [2.24, 2.45) is 5.92 Å².